The largest absolute Gasteiger partial charge is 0.493 e. The fraction of sp³-hybridized carbons (Fsp3) is 0.600. The Hall–Kier alpha value is -1.82. The zero-order valence-electron chi connectivity index (χ0n) is 12.3. The quantitative estimate of drug-likeness (QED) is 0.618. The van der Waals surface area contributed by atoms with Crippen molar-refractivity contribution in [2.24, 2.45) is 5.92 Å². The van der Waals surface area contributed by atoms with Crippen LogP contribution in [0.15, 0.2) is 18.2 Å². The van der Waals surface area contributed by atoms with Crippen molar-refractivity contribution in [2.75, 3.05) is 26.3 Å². The molecule has 0 saturated carbocycles. The lowest BCUT2D eigenvalue weighted by Gasteiger charge is -2.22. The third-order valence-electron chi connectivity index (χ3n) is 3.49. The van der Waals surface area contributed by atoms with Crippen LogP contribution in [0.1, 0.15) is 26.2 Å². The number of nitro groups is 1. The minimum atomic E-state index is -0.420. The molecule has 0 aromatic heterocycles. The van der Waals surface area contributed by atoms with Crippen molar-refractivity contribution in [1.29, 1.82) is 0 Å². The summed E-state index contributed by atoms with van der Waals surface area (Å²) in [5.74, 6) is 1.51. The van der Waals surface area contributed by atoms with E-state index < -0.39 is 4.92 Å². The topological polar surface area (TPSA) is 73.6 Å². The molecule has 2 rings (SSSR count). The lowest BCUT2D eigenvalue weighted by atomic mass is 9.99. The SMILES string of the molecule is CCCOc1cc(OCC2CCNCC2)cc([N+](=O)[O-])c1. The number of nitro benzene ring substituents is 1. The molecule has 1 fully saturated rings. The van der Waals surface area contributed by atoms with Gasteiger partial charge in [-0.05, 0) is 38.3 Å². The lowest BCUT2D eigenvalue weighted by molar-refractivity contribution is -0.385. The number of ether oxygens (including phenoxy) is 2. The Balaban J connectivity index is 2.02. The molecular weight excluding hydrogens is 272 g/mol. The van der Waals surface area contributed by atoms with Crippen molar-refractivity contribution in [3.05, 3.63) is 28.3 Å². The maximum Gasteiger partial charge on any atom is 0.276 e. The summed E-state index contributed by atoms with van der Waals surface area (Å²) >= 11 is 0. The molecule has 116 valence electrons. The van der Waals surface area contributed by atoms with Gasteiger partial charge in [0.05, 0.1) is 30.3 Å². The van der Waals surface area contributed by atoms with E-state index in [0.717, 1.165) is 32.4 Å². The third kappa shape index (κ3) is 4.90. The number of piperidine rings is 1. The average Bonchev–Trinajstić information content (AvgIpc) is 2.51. The van der Waals surface area contributed by atoms with Crippen molar-refractivity contribution in [2.45, 2.75) is 26.2 Å². The lowest BCUT2D eigenvalue weighted by Crippen LogP contribution is -2.30. The maximum absolute atomic E-state index is 11.0. The number of nitrogens with zero attached hydrogens (tertiary/aromatic N) is 1. The standard InChI is InChI=1S/C15H22N2O4/c1-2-7-20-14-8-13(17(18)19)9-15(10-14)21-11-12-3-5-16-6-4-12/h8-10,12,16H,2-7,11H2,1H3. The number of benzene rings is 1. The Morgan fingerprint density at radius 3 is 2.52 bits per heavy atom. The van der Waals surface area contributed by atoms with Crippen LogP contribution in [-0.2, 0) is 0 Å². The summed E-state index contributed by atoms with van der Waals surface area (Å²) in [7, 11) is 0. The molecular formula is C15H22N2O4. The minimum Gasteiger partial charge on any atom is -0.493 e. The second-order valence-corrected chi connectivity index (χ2v) is 5.27. The summed E-state index contributed by atoms with van der Waals surface area (Å²) in [6, 6.07) is 4.62. The Labute approximate surface area is 124 Å². The van der Waals surface area contributed by atoms with Gasteiger partial charge in [-0.2, -0.15) is 0 Å². The molecule has 1 aliphatic heterocycles. The highest BCUT2D eigenvalue weighted by atomic mass is 16.6. The van der Waals surface area contributed by atoms with Crippen LogP contribution in [0.2, 0.25) is 0 Å². The van der Waals surface area contributed by atoms with Gasteiger partial charge in [-0.25, -0.2) is 0 Å². The molecule has 1 aliphatic rings. The average molecular weight is 294 g/mol. The number of rotatable bonds is 7. The van der Waals surface area contributed by atoms with Gasteiger partial charge in [-0.3, -0.25) is 10.1 Å². The third-order valence-corrected chi connectivity index (χ3v) is 3.49. The molecule has 0 unspecified atom stereocenters. The van der Waals surface area contributed by atoms with Gasteiger partial charge < -0.3 is 14.8 Å². The number of nitrogens with one attached hydrogen (secondary N) is 1. The number of hydrogen-bond acceptors (Lipinski definition) is 5. The zero-order valence-corrected chi connectivity index (χ0v) is 12.3. The van der Waals surface area contributed by atoms with Crippen LogP contribution >= 0.6 is 0 Å². The molecule has 6 nitrogen and oxygen atoms in total. The first kappa shape index (κ1) is 15.6. The van der Waals surface area contributed by atoms with Gasteiger partial charge in [-0.1, -0.05) is 6.92 Å². The minimum absolute atomic E-state index is 0.00362. The van der Waals surface area contributed by atoms with Crippen LogP contribution in [0, 0.1) is 16.0 Å². The van der Waals surface area contributed by atoms with Gasteiger partial charge >= 0.3 is 0 Å². The van der Waals surface area contributed by atoms with Crippen LogP contribution < -0.4 is 14.8 Å². The molecule has 1 saturated heterocycles. The molecule has 1 N–H and O–H groups in total. The summed E-state index contributed by atoms with van der Waals surface area (Å²) in [6.07, 6.45) is 3.01. The van der Waals surface area contributed by atoms with Crippen LogP contribution in [-0.4, -0.2) is 31.2 Å². The molecule has 1 aromatic carbocycles. The monoisotopic (exact) mass is 294 g/mol. The molecule has 0 aliphatic carbocycles. The number of hydrogen-bond donors (Lipinski definition) is 1. The van der Waals surface area contributed by atoms with Crippen molar-refractivity contribution in [3.8, 4) is 11.5 Å². The van der Waals surface area contributed by atoms with Gasteiger partial charge in [0.25, 0.3) is 5.69 Å². The highest BCUT2D eigenvalue weighted by Crippen LogP contribution is 2.28. The van der Waals surface area contributed by atoms with E-state index in [1.165, 1.54) is 12.1 Å². The van der Waals surface area contributed by atoms with E-state index in [0.29, 0.717) is 30.6 Å². The van der Waals surface area contributed by atoms with E-state index >= 15 is 0 Å². The summed E-state index contributed by atoms with van der Waals surface area (Å²) in [5.41, 5.74) is 0.00362. The predicted octanol–water partition coefficient (Wildman–Crippen LogP) is 2.76. The Bertz CT molecular complexity index is 473. The molecule has 0 atom stereocenters. The van der Waals surface area contributed by atoms with E-state index in [1.54, 1.807) is 6.07 Å². The van der Waals surface area contributed by atoms with Gasteiger partial charge in [0.15, 0.2) is 0 Å². The molecule has 0 bridgehead atoms. The maximum atomic E-state index is 11.0. The highest BCUT2D eigenvalue weighted by molar-refractivity contribution is 5.46. The molecule has 0 radical (unpaired) electrons. The predicted molar refractivity (Wildman–Crippen MR) is 80.0 cm³/mol. The molecule has 1 aromatic rings. The summed E-state index contributed by atoms with van der Waals surface area (Å²) in [4.78, 5) is 10.6. The van der Waals surface area contributed by atoms with E-state index in [2.05, 4.69) is 5.32 Å². The van der Waals surface area contributed by atoms with Crippen molar-refractivity contribution in [3.63, 3.8) is 0 Å². The smallest absolute Gasteiger partial charge is 0.276 e. The summed E-state index contributed by atoms with van der Waals surface area (Å²) < 4.78 is 11.2. The van der Waals surface area contributed by atoms with E-state index in [4.69, 9.17) is 9.47 Å². The van der Waals surface area contributed by atoms with Crippen LogP contribution in [0.3, 0.4) is 0 Å². The Morgan fingerprint density at radius 2 is 1.90 bits per heavy atom. The Kier molecular flexibility index (Phi) is 5.80. The molecule has 6 heteroatoms. The first-order valence-electron chi connectivity index (χ1n) is 7.45. The van der Waals surface area contributed by atoms with E-state index in [9.17, 15) is 10.1 Å². The second-order valence-electron chi connectivity index (χ2n) is 5.27. The van der Waals surface area contributed by atoms with Crippen molar-refractivity contribution in [1.82, 2.24) is 5.32 Å². The first-order chi connectivity index (χ1) is 10.2. The zero-order chi connectivity index (χ0) is 15.1. The van der Waals surface area contributed by atoms with Gasteiger partial charge in [0.2, 0.25) is 0 Å². The van der Waals surface area contributed by atoms with Crippen LogP contribution in [0.25, 0.3) is 0 Å². The van der Waals surface area contributed by atoms with Gasteiger partial charge in [-0.15, -0.1) is 0 Å². The van der Waals surface area contributed by atoms with Crippen LogP contribution in [0.4, 0.5) is 5.69 Å². The van der Waals surface area contributed by atoms with E-state index in [1.807, 2.05) is 6.92 Å². The van der Waals surface area contributed by atoms with Crippen molar-refractivity contribution >= 4 is 5.69 Å². The summed E-state index contributed by atoms with van der Waals surface area (Å²) in [6.45, 7) is 5.14. The van der Waals surface area contributed by atoms with E-state index in [-0.39, 0.29) is 5.69 Å². The molecule has 0 amide bonds. The Morgan fingerprint density at radius 1 is 1.24 bits per heavy atom. The normalized spacial score (nSPS) is 15.7. The van der Waals surface area contributed by atoms with Crippen LogP contribution in [0.5, 0.6) is 11.5 Å². The molecule has 21 heavy (non-hydrogen) atoms. The molecule has 1 heterocycles. The fourth-order valence-electron chi connectivity index (χ4n) is 2.31. The summed E-state index contributed by atoms with van der Waals surface area (Å²) in [5, 5.41) is 14.3. The first-order valence-corrected chi connectivity index (χ1v) is 7.45. The van der Waals surface area contributed by atoms with Crippen molar-refractivity contribution < 1.29 is 14.4 Å². The second kappa shape index (κ2) is 7.83. The van der Waals surface area contributed by atoms with Gasteiger partial charge in [0.1, 0.15) is 11.5 Å². The highest BCUT2D eigenvalue weighted by Gasteiger charge is 2.16. The fourth-order valence-corrected chi connectivity index (χ4v) is 2.31. The van der Waals surface area contributed by atoms with Gasteiger partial charge in [0, 0.05) is 6.07 Å². The number of non-ortho nitro benzene ring substituents is 1. The molecule has 0 spiro atoms.